The summed E-state index contributed by atoms with van der Waals surface area (Å²) in [5.74, 6) is 0.704. The molecule has 1 aromatic heterocycles. The van der Waals surface area contributed by atoms with Gasteiger partial charge < -0.3 is 5.11 Å². The maximum Gasteiger partial charge on any atom is 0.144 e. The Balaban J connectivity index is 1.78. The van der Waals surface area contributed by atoms with Gasteiger partial charge >= 0.3 is 0 Å². The smallest absolute Gasteiger partial charge is 0.144 e. The molecular formula is C25H23ClN2O2S. The molecule has 0 radical (unpaired) electrons. The normalized spacial score (nSPS) is 12.7. The second-order valence-corrected chi connectivity index (χ2v) is 9.73. The van der Waals surface area contributed by atoms with Crippen molar-refractivity contribution >= 4 is 22.4 Å². The molecule has 4 nitrogen and oxygen atoms in total. The molecule has 1 unspecified atom stereocenters. The highest BCUT2D eigenvalue weighted by molar-refractivity contribution is 7.84. The predicted octanol–water partition coefficient (Wildman–Crippen LogP) is 5.82. The third-order valence-corrected chi connectivity index (χ3v) is 6.21. The number of rotatable bonds is 5. The van der Waals surface area contributed by atoms with Gasteiger partial charge in [-0.1, -0.05) is 48.0 Å². The van der Waals surface area contributed by atoms with Crippen molar-refractivity contribution in [2.75, 3.05) is 6.26 Å². The second kappa shape index (κ2) is 8.42. The molecule has 158 valence electrons. The third-order valence-electron chi connectivity index (χ3n) is 5.06. The third kappa shape index (κ3) is 4.64. The minimum Gasteiger partial charge on any atom is -0.384 e. The van der Waals surface area contributed by atoms with Crippen LogP contribution in [0.4, 0.5) is 0 Å². The van der Waals surface area contributed by atoms with Crippen LogP contribution in [0.5, 0.6) is 0 Å². The van der Waals surface area contributed by atoms with Crippen LogP contribution >= 0.6 is 11.6 Å². The summed E-state index contributed by atoms with van der Waals surface area (Å²) in [5.41, 5.74) is 3.32. The maximum absolute atomic E-state index is 11.8. The molecule has 0 amide bonds. The van der Waals surface area contributed by atoms with E-state index in [2.05, 4.69) is 0 Å². The van der Waals surface area contributed by atoms with E-state index < -0.39 is 16.4 Å². The Morgan fingerprint density at radius 2 is 1.61 bits per heavy atom. The Bertz CT molecular complexity index is 1260. The lowest BCUT2D eigenvalue weighted by Gasteiger charge is -2.13. The Hall–Kier alpha value is -2.73. The molecule has 1 atom stereocenters. The van der Waals surface area contributed by atoms with E-state index in [1.807, 2.05) is 83.6 Å². The first kappa shape index (κ1) is 21.5. The first-order valence-electron chi connectivity index (χ1n) is 9.85. The topological polar surface area (TPSA) is 55.1 Å². The fraction of sp³-hybridized carbons (Fsp3) is 0.160. The number of nitrogens with zero attached hydrogens (tertiary/aromatic N) is 2. The Labute approximate surface area is 189 Å². The predicted molar refractivity (Wildman–Crippen MR) is 127 cm³/mol. The molecule has 0 bridgehead atoms. The lowest BCUT2D eigenvalue weighted by Crippen LogP contribution is -2.15. The summed E-state index contributed by atoms with van der Waals surface area (Å²) < 4.78 is 13.8. The molecule has 1 N–H and O–H groups in total. The van der Waals surface area contributed by atoms with E-state index >= 15 is 0 Å². The van der Waals surface area contributed by atoms with Gasteiger partial charge in [0.2, 0.25) is 0 Å². The molecule has 1 heterocycles. The van der Waals surface area contributed by atoms with Crippen molar-refractivity contribution in [3.05, 3.63) is 89.7 Å². The molecule has 0 spiro atoms. The van der Waals surface area contributed by atoms with E-state index in [4.69, 9.17) is 16.6 Å². The summed E-state index contributed by atoms with van der Waals surface area (Å²) in [6, 6.07) is 23.3. The van der Waals surface area contributed by atoms with Crippen molar-refractivity contribution in [2.45, 2.75) is 24.3 Å². The Morgan fingerprint density at radius 1 is 0.935 bits per heavy atom. The van der Waals surface area contributed by atoms with E-state index in [0.29, 0.717) is 16.5 Å². The van der Waals surface area contributed by atoms with Gasteiger partial charge in [-0.2, -0.15) is 0 Å². The zero-order chi connectivity index (χ0) is 22.2. The number of benzene rings is 3. The summed E-state index contributed by atoms with van der Waals surface area (Å²) in [7, 11) is -1.03. The van der Waals surface area contributed by atoms with E-state index in [1.54, 1.807) is 20.1 Å². The molecule has 0 fully saturated rings. The van der Waals surface area contributed by atoms with E-state index in [9.17, 15) is 9.32 Å². The molecule has 0 saturated heterocycles. The lowest BCUT2D eigenvalue weighted by atomic mass is 10.1. The first-order valence-corrected chi connectivity index (χ1v) is 11.8. The average Bonchev–Trinajstić information content (AvgIpc) is 3.20. The van der Waals surface area contributed by atoms with Crippen molar-refractivity contribution < 1.29 is 9.32 Å². The molecule has 6 heteroatoms. The van der Waals surface area contributed by atoms with Crippen LogP contribution < -0.4 is 0 Å². The van der Waals surface area contributed by atoms with Crippen molar-refractivity contribution in [3.8, 4) is 28.2 Å². The largest absolute Gasteiger partial charge is 0.384 e. The van der Waals surface area contributed by atoms with Crippen LogP contribution in [0, 0.1) is 0 Å². The molecule has 0 aliphatic rings. The van der Waals surface area contributed by atoms with Gasteiger partial charge in [-0.15, -0.1) is 0 Å². The van der Waals surface area contributed by atoms with E-state index in [0.717, 1.165) is 27.3 Å². The monoisotopic (exact) mass is 450 g/mol. The van der Waals surface area contributed by atoms with Gasteiger partial charge in [0.05, 0.1) is 5.69 Å². The van der Waals surface area contributed by atoms with Crippen LogP contribution in [0.15, 0.2) is 83.9 Å². The molecule has 4 rings (SSSR count). The summed E-state index contributed by atoms with van der Waals surface area (Å²) in [5, 5.41) is 11.1. The summed E-state index contributed by atoms with van der Waals surface area (Å²) in [4.78, 5) is 5.50. The molecule has 0 aliphatic carbocycles. The first-order chi connectivity index (χ1) is 14.7. The summed E-state index contributed by atoms with van der Waals surface area (Å²) in [6.07, 6.45) is 3.53. The number of hydrogen-bond donors (Lipinski definition) is 1. The van der Waals surface area contributed by atoms with Crippen molar-refractivity contribution in [1.82, 2.24) is 9.55 Å². The highest BCUT2D eigenvalue weighted by Gasteiger charge is 2.23. The number of halogens is 1. The Morgan fingerprint density at radius 3 is 2.26 bits per heavy atom. The molecule has 0 saturated carbocycles. The van der Waals surface area contributed by atoms with Gasteiger partial charge in [0.15, 0.2) is 0 Å². The lowest BCUT2D eigenvalue weighted by molar-refractivity contribution is 0.0743. The summed E-state index contributed by atoms with van der Waals surface area (Å²) in [6.45, 7) is 3.43. The van der Waals surface area contributed by atoms with Gasteiger partial charge in [-0.3, -0.25) is 8.78 Å². The van der Waals surface area contributed by atoms with Crippen LogP contribution in [0.3, 0.4) is 0 Å². The van der Waals surface area contributed by atoms with Gasteiger partial charge in [0.25, 0.3) is 0 Å². The van der Waals surface area contributed by atoms with Crippen molar-refractivity contribution in [2.24, 2.45) is 0 Å². The SMILES string of the molecule is CS(=O)c1cccc(-c2ccc(-n3cc(C(C)(C)O)nc3-c3cccc(Cl)c3)cc2)c1. The van der Waals surface area contributed by atoms with Crippen LogP contribution in [-0.2, 0) is 16.4 Å². The molecule has 0 aliphatic heterocycles. The fourth-order valence-corrected chi connectivity index (χ4v) is 4.13. The molecular weight excluding hydrogens is 428 g/mol. The zero-order valence-corrected chi connectivity index (χ0v) is 19.1. The number of imidazole rings is 1. The fourth-order valence-electron chi connectivity index (χ4n) is 3.37. The minimum absolute atomic E-state index is 0.574. The number of aliphatic hydroxyl groups is 1. The van der Waals surface area contributed by atoms with E-state index in [1.165, 1.54) is 0 Å². The van der Waals surface area contributed by atoms with Crippen LogP contribution in [-0.4, -0.2) is 25.1 Å². The highest BCUT2D eigenvalue weighted by Crippen LogP contribution is 2.30. The van der Waals surface area contributed by atoms with Gasteiger partial charge in [-0.05, 0) is 61.4 Å². The minimum atomic E-state index is -1.07. The molecule has 3 aromatic carbocycles. The maximum atomic E-state index is 11.8. The standard InChI is InChI=1S/C25H23ClN2O2S/c1-25(2,29)23-16-28(24(27-23)19-7-4-8-20(26)14-19)21-12-10-17(11-13-21)18-6-5-9-22(15-18)31(3)30/h4-16,29H,1-3H3. The number of hydrogen-bond acceptors (Lipinski definition) is 3. The molecule has 4 aromatic rings. The van der Waals surface area contributed by atoms with Gasteiger partial charge in [0, 0.05) is 44.4 Å². The average molecular weight is 451 g/mol. The second-order valence-electron chi connectivity index (χ2n) is 7.92. The van der Waals surface area contributed by atoms with Crippen molar-refractivity contribution in [1.29, 1.82) is 0 Å². The van der Waals surface area contributed by atoms with Crippen LogP contribution in [0.25, 0.3) is 28.2 Å². The zero-order valence-electron chi connectivity index (χ0n) is 17.5. The highest BCUT2D eigenvalue weighted by atomic mass is 35.5. The van der Waals surface area contributed by atoms with E-state index in [-0.39, 0.29) is 0 Å². The van der Waals surface area contributed by atoms with Gasteiger partial charge in [0.1, 0.15) is 11.4 Å². The van der Waals surface area contributed by atoms with Gasteiger partial charge in [-0.25, -0.2) is 4.98 Å². The number of aromatic nitrogens is 2. The molecule has 31 heavy (non-hydrogen) atoms. The quantitative estimate of drug-likeness (QED) is 0.416. The Kier molecular flexibility index (Phi) is 5.84. The van der Waals surface area contributed by atoms with Crippen molar-refractivity contribution in [3.63, 3.8) is 0 Å². The summed E-state index contributed by atoms with van der Waals surface area (Å²) >= 11 is 6.21. The van der Waals surface area contributed by atoms with Crippen LogP contribution in [0.1, 0.15) is 19.5 Å². The van der Waals surface area contributed by atoms with Crippen LogP contribution in [0.2, 0.25) is 5.02 Å².